The van der Waals surface area contributed by atoms with E-state index in [9.17, 15) is 9.90 Å². The maximum Gasteiger partial charge on any atom is 0.297 e. The molecule has 2 rings (SSSR count). The predicted octanol–water partition coefficient (Wildman–Crippen LogP) is 6.43. The second kappa shape index (κ2) is 13.2. The van der Waals surface area contributed by atoms with Crippen LogP contribution in [0, 0.1) is 0 Å². The van der Waals surface area contributed by atoms with E-state index < -0.39 is 0 Å². The topological polar surface area (TPSA) is 60.7 Å². The number of aromatic nitrogens is 1. The Labute approximate surface area is 181 Å². The molecule has 1 aromatic carbocycles. The molecule has 0 spiro atoms. The first-order valence-electron chi connectivity index (χ1n) is 11.8. The first-order chi connectivity index (χ1) is 14.6. The van der Waals surface area contributed by atoms with Crippen LogP contribution in [0.2, 0.25) is 0 Å². The van der Waals surface area contributed by atoms with Gasteiger partial charge in [0.15, 0.2) is 5.75 Å². The van der Waals surface area contributed by atoms with Crippen molar-refractivity contribution in [2.45, 2.75) is 91.5 Å². The zero-order valence-corrected chi connectivity index (χ0v) is 19.0. The quantitative estimate of drug-likeness (QED) is 0.339. The highest BCUT2D eigenvalue weighted by molar-refractivity contribution is 5.88. The van der Waals surface area contributed by atoms with Gasteiger partial charge in [0, 0.05) is 18.0 Å². The van der Waals surface area contributed by atoms with Crippen molar-refractivity contribution in [3.8, 4) is 17.2 Å². The van der Waals surface area contributed by atoms with E-state index in [1.165, 1.54) is 0 Å². The van der Waals surface area contributed by atoms with E-state index in [0.29, 0.717) is 25.5 Å². The first kappa shape index (κ1) is 24.1. The molecule has 0 amide bonds. The van der Waals surface area contributed by atoms with Crippen LogP contribution in [0.15, 0.2) is 23.0 Å². The summed E-state index contributed by atoms with van der Waals surface area (Å²) in [7, 11) is 0. The Morgan fingerprint density at radius 2 is 1.50 bits per heavy atom. The Morgan fingerprint density at radius 3 is 2.20 bits per heavy atom. The molecular weight excluding hydrogens is 378 g/mol. The zero-order valence-electron chi connectivity index (χ0n) is 19.0. The molecule has 2 aromatic rings. The van der Waals surface area contributed by atoms with Crippen LogP contribution in [0.3, 0.4) is 0 Å². The fourth-order valence-corrected chi connectivity index (χ4v) is 3.58. The van der Waals surface area contributed by atoms with E-state index in [2.05, 4.69) is 20.8 Å². The van der Waals surface area contributed by atoms with E-state index in [4.69, 9.17) is 9.47 Å². The highest BCUT2D eigenvalue weighted by Gasteiger charge is 2.18. The van der Waals surface area contributed by atoms with Gasteiger partial charge in [-0.2, -0.15) is 0 Å². The summed E-state index contributed by atoms with van der Waals surface area (Å²) in [6.45, 7) is 8.20. The lowest BCUT2D eigenvalue weighted by Crippen LogP contribution is -2.21. The summed E-state index contributed by atoms with van der Waals surface area (Å²) in [4.78, 5) is 13.0. The van der Waals surface area contributed by atoms with Crippen LogP contribution in [0.4, 0.5) is 0 Å². The van der Waals surface area contributed by atoms with Gasteiger partial charge in [-0.25, -0.2) is 0 Å². The number of pyridine rings is 1. The Balaban J connectivity index is 2.35. The van der Waals surface area contributed by atoms with Gasteiger partial charge in [-0.3, -0.25) is 4.79 Å². The lowest BCUT2D eigenvalue weighted by Gasteiger charge is -2.17. The molecule has 0 aliphatic rings. The number of aromatic hydroxyl groups is 1. The third-order valence-electron chi connectivity index (χ3n) is 5.41. The molecular formula is C25H39NO4. The van der Waals surface area contributed by atoms with Crippen molar-refractivity contribution < 1.29 is 14.6 Å². The van der Waals surface area contributed by atoms with Gasteiger partial charge in [0.05, 0.1) is 18.7 Å². The summed E-state index contributed by atoms with van der Waals surface area (Å²) in [6.07, 6.45) is 10.6. The number of unbranched alkanes of at least 4 members (excludes halogenated alkanes) is 7. The van der Waals surface area contributed by atoms with E-state index >= 15 is 0 Å². The molecule has 1 aromatic heterocycles. The maximum absolute atomic E-state index is 13.0. The molecule has 1 heterocycles. The van der Waals surface area contributed by atoms with Crippen LogP contribution in [0.1, 0.15) is 85.0 Å². The second-order valence-corrected chi connectivity index (χ2v) is 7.99. The molecule has 0 fully saturated rings. The molecule has 0 aliphatic carbocycles. The maximum atomic E-state index is 13.0. The summed E-state index contributed by atoms with van der Waals surface area (Å²) in [6, 6.07) is 5.71. The largest absolute Gasteiger partial charge is 0.500 e. The Bertz CT molecular complexity index is 828. The van der Waals surface area contributed by atoms with Crippen LogP contribution in [0.5, 0.6) is 17.2 Å². The van der Waals surface area contributed by atoms with E-state index in [1.54, 1.807) is 4.57 Å². The van der Waals surface area contributed by atoms with Gasteiger partial charge in [-0.1, -0.05) is 65.7 Å². The SMILES string of the molecule is CCCCCCOc1c(O)c(=O)n(CCCCCC)c2cc(OCCCC)ccc12. The van der Waals surface area contributed by atoms with Gasteiger partial charge < -0.3 is 19.1 Å². The van der Waals surface area contributed by atoms with Crippen LogP contribution < -0.4 is 15.0 Å². The van der Waals surface area contributed by atoms with Crippen molar-refractivity contribution in [1.29, 1.82) is 0 Å². The number of ether oxygens (including phenoxy) is 2. The standard InChI is InChI=1S/C25H39NO4/c1-4-7-10-12-16-26-22-19-20(29-17-9-6-3)14-15-21(22)24(23(27)25(26)28)30-18-13-11-8-5-2/h14-15,19,27H,4-13,16-18H2,1-3H3. The van der Waals surface area contributed by atoms with Gasteiger partial charge in [0.1, 0.15) is 5.75 Å². The number of benzene rings is 1. The van der Waals surface area contributed by atoms with Crippen LogP contribution >= 0.6 is 0 Å². The Hall–Kier alpha value is -2.17. The van der Waals surface area contributed by atoms with Gasteiger partial charge in [-0.05, 0) is 31.4 Å². The third kappa shape index (κ3) is 6.68. The molecule has 30 heavy (non-hydrogen) atoms. The molecule has 1 N–H and O–H groups in total. The molecule has 0 bridgehead atoms. The smallest absolute Gasteiger partial charge is 0.297 e. The summed E-state index contributed by atoms with van der Waals surface area (Å²) in [5.41, 5.74) is 0.389. The normalized spacial score (nSPS) is 11.2. The van der Waals surface area contributed by atoms with Crippen molar-refractivity contribution in [1.82, 2.24) is 4.57 Å². The van der Waals surface area contributed by atoms with Gasteiger partial charge in [0.25, 0.3) is 5.56 Å². The lowest BCUT2D eigenvalue weighted by molar-refractivity contribution is 0.290. The molecule has 0 aliphatic heterocycles. The zero-order chi connectivity index (χ0) is 21.8. The van der Waals surface area contributed by atoms with Crippen molar-refractivity contribution >= 4 is 10.9 Å². The number of hydrogen-bond donors (Lipinski definition) is 1. The summed E-state index contributed by atoms with van der Waals surface area (Å²) < 4.78 is 13.5. The summed E-state index contributed by atoms with van der Waals surface area (Å²) in [5.74, 6) is 0.766. The number of rotatable bonds is 15. The minimum Gasteiger partial charge on any atom is -0.500 e. The molecule has 0 unspecified atom stereocenters. The van der Waals surface area contributed by atoms with Crippen molar-refractivity contribution in [3.05, 3.63) is 28.6 Å². The molecule has 0 atom stereocenters. The molecule has 0 saturated carbocycles. The molecule has 5 heteroatoms. The van der Waals surface area contributed by atoms with E-state index in [1.807, 2.05) is 18.2 Å². The fourth-order valence-electron chi connectivity index (χ4n) is 3.58. The highest BCUT2D eigenvalue weighted by atomic mass is 16.5. The predicted molar refractivity (Wildman–Crippen MR) is 124 cm³/mol. The number of nitrogens with zero attached hydrogens (tertiary/aromatic N) is 1. The van der Waals surface area contributed by atoms with E-state index in [-0.39, 0.29) is 11.3 Å². The minimum atomic E-state index is -0.381. The van der Waals surface area contributed by atoms with Gasteiger partial charge in [-0.15, -0.1) is 0 Å². The third-order valence-corrected chi connectivity index (χ3v) is 5.41. The number of aryl methyl sites for hydroxylation is 1. The Morgan fingerprint density at radius 1 is 0.833 bits per heavy atom. The van der Waals surface area contributed by atoms with Crippen molar-refractivity contribution in [2.75, 3.05) is 13.2 Å². The number of hydrogen-bond acceptors (Lipinski definition) is 4. The summed E-state index contributed by atoms with van der Waals surface area (Å²) >= 11 is 0. The number of fused-ring (bicyclic) bond motifs is 1. The van der Waals surface area contributed by atoms with Crippen LogP contribution in [-0.4, -0.2) is 22.9 Å². The van der Waals surface area contributed by atoms with Crippen LogP contribution in [-0.2, 0) is 6.54 Å². The van der Waals surface area contributed by atoms with Crippen molar-refractivity contribution in [3.63, 3.8) is 0 Å². The second-order valence-electron chi connectivity index (χ2n) is 7.99. The van der Waals surface area contributed by atoms with Gasteiger partial charge in [0.2, 0.25) is 5.75 Å². The highest BCUT2D eigenvalue weighted by Crippen LogP contribution is 2.34. The fraction of sp³-hybridized carbons (Fsp3) is 0.640. The average molecular weight is 418 g/mol. The van der Waals surface area contributed by atoms with E-state index in [0.717, 1.165) is 80.9 Å². The lowest BCUT2D eigenvalue weighted by atomic mass is 10.1. The first-order valence-corrected chi connectivity index (χ1v) is 11.8. The monoisotopic (exact) mass is 417 g/mol. The molecule has 0 radical (unpaired) electrons. The Kier molecular flexibility index (Phi) is 10.6. The molecule has 5 nitrogen and oxygen atoms in total. The van der Waals surface area contributed by atoms with Crippen LogP contribution in [0.25, 0.3) is 10.9 Å². The van der Waals surface area contributed by atoms with Crippen molar-refractivity contribution in [2.24, 2.45) is 0 Å². The van der Waals surface area contributed by atoms with Gasteiger partial charge >= 0.3 is 0 Å². The molecule has 168 valence electrons. The summed E-state index contributed by atoms with van der Waals surface area (Å²) in [5, 5.41) is 11.4. The molecule has 0 saturated heterocycles. The minimum absolute atomic E-state index is 0.284. The average Bonchev–Trinajstić information content (AvgIpc) is 2.75.